The van der Waals surface area contributed by atoms with Crippen molar-refractivity contribution in [3.63, 3.8) is 0 Å². The molecule has 0 bridgehead atoms. The number of benzene rings is 1. The number of sulfonamides is 1. The molecule has 6 heteroatoms. The molecule has 1 aromatic carbocycles. The molecule has 0 aliphatic carbocycles. The highest BCUT2D eigenvalue weighted by atomic mass is 32.2. The van der Waals surface area contributed by atoms with Gasteiger partial charge in [-0.15, -0.1) is 0 Å². The van der Waals surface area contributed by atoms with Gasteiger partial charge >= 0.3 is 0 Å². The minimum absolute atomic E-state index is 0.429. The molecule has 2 unspecified atom stereocenters. The Morgan fingerprint density at radius 3 is 2.59 bits per heavy atom. The van der Waals surface area contributed by atoms with Gasteiger partial charge in [-0.25, -0.2) is 17.5 Å². The summed E-state index contributed by atoms with van der Waals surface area (Å²) >= 11 is 0. The zero-order valence-electron chi connectivity index (χ0n) is 9.51. The third kappa shape index (κ3) is 3.51. The summed E-state index contributed by atoms with van der Waals surface area (Å²) in [6.45, 7) is 2.89. The van der Waals surface area contributed by atoms with Crippen LogP contribution in [0.4, 0.5) is 4.39 Å². The predicted octanol–water partition coefficient (Wildman–Crippen LogP) is 1.72. The summed E-state index contributed by atoms with van der Waals surface area (Å²) in [7, 11) is -3.70. The van der Waals surface area contributed by atoms with E-state index in [1.807, 2.05) is 0 Å². The van der Waals surface area contributed by atoms with Crippen LogP contribution in [0.5, 0.6) is 0 Å². The monoisotopic (exact) mass is 256 g/mol. The van der Waals surface area contributed by atoms with Crippen LogP contribution in [0.2, 0.25) is 0 Å². The Morgan fingerprint density at radius 2 is 2.06 bits per heavy atom. The van der Waals surface area contributed by atoms with Gasteiger partial charge in [0.15, 0.2) is 5.25 Å². The Kier molecular flexibility index (Phi) is 4.21. The highest BCUT2D eigenvalue weighted by Crippen LogP contribution is 2.15. The van der Waals surface area contributed by atoms with E-state index < -0.39 is 27.1 Å². The first-order valence-corrected chi connectivity index (χ1v) is 6.57. The fourth-order valence-corrected chi connectivity index (χ4v) is 2.23. The lowest BCUT2D eigenvalue weighted by molar-refractivity contribution is 0.560. The predicted molar refractivity (Wildman–Crippen MR) is 61.9 cm³/mol. The molecular weight excluding hydrogens is 243 g/mol. The number of nitrogens with zero attached hydrogens (tertiary/aromatic N) is 1. The summed E-state index contributed by atoms with van der Waals surface area (Å²) in [6.07, 6.45) is 0. The molecule has 4 nitrogen and oxygen atoms in total. The van der Waals surface area contributed by atoms with E-state index in [0.717, 1.165) is 0 Å². The van der Waals surface area contributed by atoms with Crippen molar-refractivity contribution in [3.05, 3.63) is 35.6 Å². The Balaban J connectivity index is 2.88. The van der Waals surface area contributed by atoms with Crippen LogP contribution in [-0.4, -0.2) is 13.7 Å². The number of hydrogen-bond acceptors (Lipinski definition) is 3. The second kappa shape index (κ2) is 5.25. The highest BCUT2D eigenvalue weighted by Gasteiger charge is 2.22. The van der Waals surface area contributed by atoms with Crippen molar-refractivity contribution in [2.45, 2.75) is 25.1 Å². The van der Waals surface area contributed by atoms with Gasteiger partial charge in [0.1, 0.15) is 5.82 Å². The van der Waals surface area contributed by atoms with Crippen LogP contribution < -0.4 is 4.72 Å². The van der Waals surface area contributed by atoms with E-state index >= 15 is 0 Å². The van der Waals surface area contributed by atoms with Crippen LogP contribution >= 0.6 is 0 Å². The first-order chi connectivity index (χ1) is 7.86. The van der Waals surface area contributed by atoms with E-state index in [4.69, 9.17) is 5.26 Å². The first kappa shape index (κ1) is 13.6. The largest absolute Gasteiger partial charge is 0.228 e. The molecule has 0 saturated heterocycles. The maximum atomic E-state index is 13.0. The SMILES string of the molecule is CC(NS(=O)(=O)C(C)C#N)c1cccc(F)c1. The van der Waals surface area contributed by atoms with E-state index in [-0.39, 0.29) is 0 Å². The van der Waals surface area contributed by atoms with E-state index in [1.165, 1.54) is 25.1 Å². The second-order valence-corrected chi connectivity index (χ2v) is 5.74. The van der Waals surface area contributed by atoms with Crippen molar-refractivity contribution in [1.29, 1.82) is 5.26 Å². The number of rotatable bonds is 4. The van der Waals surface area contributed by atoms with Crippen molar-refractivity contribution >= 4 is 10.0 Å². The molecule has 0 radical (unpaired) electrons. The van der Waals surface area contributed by atoms with Crippen molar-refractivity contribution in [2.24, 2.45) is 0 Å². The molecule has 1 rings (SSSR count). The molecular formula is C11H13FN2O2S. The minimum Gasteiger partial charge on any atom is -0.211 e. The standard InChI is InChI=1S/C11H13FN2O2S/c1-8(7-13)17(15,16)14-9(2)10-4-3-5-11(12)6-10/h3-6,8-9,14H,1-2H3. The average Bonchev–Trinajstić information content (AvgIpc) is 2.27. The number of hydrogen-bond donors (Lipinski definition) is 1. The normalized spacial score (nSPS) is 14.9. The number of nitriles is 1. The molecule has 0 heterocycles. The molecule has 0 fully saturated rings. The summed E-state index contributed by atoms with van der Waals surface area (Å²) in [4.78, 5) is 0. The molecule has 0 aliphatic heterocycles. The number of nitrogens with one attached hydrogen (secondary N) is 1. The molecule has 2 atom stereocenters. The van der Waals surface area contributed by atoms with Gasteiger partial charge in [0.05, 0.1) is 6.07 Å². The van der Waals surface area contributed by atoms with Gasteiger partial charge in [0.25, 0.3) is 0 Å². The molecule has 1 aromatic rings. The molecule has 92 valence electrons. The summed E-state index contributed by atoms with van der Waals surface area (Å²) in [5.41, 5.74) is 0.513. The lowest BCUT2D eigenvalue weighted by atomic mass is 10.1. The van der Waals surface area contributed by atoms with Gasteiger partial charge in [0, 0.05) is 6.04 Å². The molecule has 0 amide bonds. The quantitative estimate of drug-likeness (QED) is 0.891. The molecule has 17 heavy (non-hydrogen) atoms. The van der Waals surface area contributed by atoms with E-state index in [0.29, 0.717) is 5.56 Å². The Labute approximate surface area is 100 Å². The molecule has 0 spiro atoms. The summed E-state index contributed by atoms with van der Waals surface area (Å²) in [5, 5.41) is 7.43. The third-order valence-electron chi connectivity index (χ3n) is 2.34. The smallest absolute Gasteiger partial charge is 0.211 e. The topological polar surface area (TPSA) is 70.0 Å². The summed E-state index contributed by atoms with van der Waals surface area (Å²) in [5.74, 6) is -0.429. The molecule has 0 aliphatic rings. The molecule has 0 aromatic heterocycles. The van der Waals surface area contributed by atoms with Crippen LogP contribution in [0, 0.1) is 17.1 Å². The zero-order valence-corrected chi connectivity index (χ0v) is 10.3. The van der Waals surface area contributed by atoms with Crippen LogP contribution in [0.3, 0.4) is 0 Å². The van der Waals surface area contributed by atoms with E-state index in [1.54, 1.807) is 19.1 Å². The van der Waals surface area contributed by atoms with Gasteiger partial charge < -0.3 is 0 Å². The first-order valence-electron chi connectivity index (χ1n) is 5.03. The van der Waals surface area contributed by atoms with Gasteiger partial charge in [-0.1, -0.05) is 12.1 Å². The van der Waals surface area contributed by atoms with Gasteiger partial charge in [-0.3, -0.25) is 0 Å². The van der Waals surface area contributed by atoms with Gasteiger partial charge in [-0.2, -0.15) is 5.26 Å². The fraction of sp³-hybridized carbons (Fsp3) is 0.364. The average molecular weight is 256 g/mol. The summed E-state index contributed by atoms with van der Waals surface area (Å²) in [6, 6.07) is 6.73. The van der Waals surface area contributed by atoms with Crippen molar-refractivity contribution in [3.8, 4) is 6.07 Å². The molecule has 0 saturated carbocycles. The number of halogens is 1. The maximum Gasteiger partial charge on any atom is 0.228 e. The van der Waals surface area contributed by atoms with E-state index in [9.17, 15) is 12.8 Å². The van der Waals surface area contributed by atoms with Crippen LogP contribution in [0.25, 0.3) is 0 Å². The van der Waals surface area contributed by atoms with Crippen molar-refractivity contribution in [2.75, 3.05) is 0 Å². The maximum absolute atomic E-state index is 13.0. The third-order valence-corrected chi connectivity index (χ3v) is 4.06. The Bertz CT molecular complexity index is 537. The second-order valence-electron chi connectivity index (χ2n) is 3.71. The van der Waals surface area contributed by atoms with Gasteiger partial charge in [-0.05, 0) is 31.5 Å². The van der Waals surface area contributed by atoms with Crippen LogP contribution in [0.1, 0.15) is 25.5 Å². The van der Waals surface area contributed by atoms with Gasteiger partial charge in [0.2, 0.25) is 10.0 Å². The van der Waals surface area contributed by atoms with Crippen LogP contribution in [0.15, 0.2) is 24.3 Å². The Morgan fingerprint density at radius 1 is 1.41 bits per heavy atom. The van der Waals surface area contributed by atoms with Crippen molar-refractivity contribution < 1.29 is 12.8 Å². The van der Waals surface area contributed by atoms with E-state index in [2.05, 4.69) is 4.72 Å². The summed E-state index contributed by atoms with van der Waals surface area (Å²) < 4.78 is 38.5. The van der Waals surface area contributed by atoms with Crippen molar-refractivity contribution in [1.82, 2.24) is 4.72 Å². The Hall–Kier alpha value is -1.45. The fourth-order valence-electron chi connectivity index (χ4n) is 1.26. The lowest BCUT2D eigenvalue weighted by Gasteiger charge is -2.15. The highest BCUT2D eigenvalue weighted by molar-refractivity contribution is 7.90. The zero-order chi connectivity index (χ0) is 13.1. The lowest BCUT2D eigenvalue weighted by Crippen LogP contribution is -2.33. The van der Waals surface area contributed by atoms with Crippen LogP contribution in [-0.2, 0) is 10.0 Å². The molecule has 1 N–H and O–H groups in total. The minimum atomic E-state index is -3.70.